The zero-order valence-electron chi connectivity index (χ0n) is 19.1. The molecule has 174 valence electrons. The lowest BCUT2D eigenvalue weighted by Crippen LogP contribution is -2.40. The number of aryl methyl sites for hydroxylation is 1. The number of para-hydroxylation sites is 1. The summed E-state index contributed by atoms with van der Waals surface area (Å²) in [5, 5.41) is 11.8. The number of likely N-dealkylation sites (tertiary alicyclic amines) is 1. The minimum atomic E-state index is -0.770. The van der Waals surface area contributed by atoms with Crippen LogP contribution in [0.1, 0.15) is 54.8 Å². The first kappa shape index (κ1) is 23.2. The molecule has 0 aromatic heterocycles. The number of halogens is 1. The molecule has 6 nitrogen and oxygen atoms in total. The quantitative estimate of drug-likeness (QED) is 0.359. The monoisotopic (exact) mass is 469 g/mol. The Labute approximate surface area is 198 Å². The van der Waals surface area contributed by atoms with Gasteiger partial charge in [-0.3, -0.25) is 9.59 Å². The molecule has 2 aromatic carbocycles. The summed E-state index contributed by atoms with van der Waals surface area (Å²) in [7, 11) is 3.00. The number of ketones is 1. The number of aliphatic hydroxyl groups excluding tert-OH is 1. The molecule has 1 heterocycles. The molecule has 2 aromatic rings. The molecule has 0 spiro atoms. The van der Waals surface area contributed by atoms with E-state index in [0.29, 0.717) is 16.3 Å². The molecule has 2 aliphatic rings. The van der Waals surface area contributed by atoms with E-state index in [1.54, 1.807) is 30.2 Å². The maximum absolute atomic E-state index is 13.4. The van der Waals surface area contributed by atoms with Gasteiger partial charge in [0.05, 0.1) is 36.4 Å². The average Bonchev–Trinajstić information content (AvgIpc) is 3.09. The highest BCUT2D eigenvalue weighted by molar-refractivity contribution is 6.46. The lowest BCUT2D eigenvalue weighted by molar-refractivity contribution is -0.141. The van der Waals surface area contributed by atoms with Crippen molar-refractivity contribution >= 4 is 29.1 Å². The van der Waals surface area contributed by atoms with Crippen molar-refractivity contribution < 1.29 is 24.2 Å². The normalized spacial score (nSPS) is 20.8. The molecule has 1 unspecified atom stereocenters. The third-order valence-electron chi connectivity index (χ3n) is 6.53. The average molecular weight is 470 g/mol. The fourth-order valence-corrected chi connectivity index (χ4v) is 5.39. The van der Waals surface area contributed by atoms with Crippen LogP contribution < -0.4 is 9.47 Å². The Morgan fingerprint density at radius 2 is 1.76 bits per heavy atom. The van der Waals surface area contributed by atoms with Crippen molar-refractivity contribution in [2.24, 2.45) is 0 Å². The van der Waals surface area contributed by atoms with E-state index < -0.39 is 17.7 Å². The fraction of sp³-hybridized carbons (Fsp3) is 0.385. The Morgan fingerprint density at radius 3 is 2.42 bits per heavy atom. The minimum Gasteiger partial charge on any atom is -0.507 e. The SMILES string of the molecule is COc1ccccc1C1/C(=C(\O)c2cc(C)cc(Cl)c2OC)C(=O)C(=O)N1C1CCCCC1. The first-order chi connectivity index (χ1) is 15.9. The molecule has 1 saturated heterocycles. The number of benzene rings is 2. The van der Waals surface area contributed by atoms with Gasteiger partial charge in [-0.2, -0.15) is 0 Å². The molecular formula is C26H28ClNO5. The number of Topliss-reactive ketones (excluding diaryl/α,β-unsaturated/α-hetero) is 1. The van der Waals surface area contributed by atoms with Crippen LogP contribution in [-0.2, 0) is 9.59 Å². The van der Waals surface area contributed by atoms with Gasteiger partial charge in [-0.25, -0.2) is 0 Å². The first-order valence-electron chi connectivity index (χ1n) is 11.2. The van der Waals surface area contributed by atoms with Gasteiger partial charge in [-0.1, -0.05) is 49.1 Å². The number of ether oxygens (including phenoxy) is 2. The van der Waals surface area contributed by atoms with Gasteiger partial charge in [-0.05, 0) is 43.5 Å². The van der Waals surface area contributed by atoms with Crippen molar-refractivity contribution in [2.75, 3.05) is 14.2 Å². The summed E-state index contributed by atoms with van der Waals surface area (Å²) in [4.78, 5) is 28.4. The fourth-order valence-electron chi connectivity index (χ4n) is 5.04. The number of carbonyl (C=O) groups excluding carboxylic acids is 2. The Morgan fingerprint density at radius 1 is 1.06 bits per heavy atom. The van der Waals surface area contributed by atoms with Crippen molar-refractivity contribution in [3.63, 3.8) is 0 Å². The van der Waals surface area contributed by atoms with Crippen molar-refractivity contribution in [3.05, 3.63) is 63.7 Å². The van der Waals surface area contributed by atoms with E-state index in [4.69, 9.17) is 21.1 Å². The van der Waals surface area contributed by atoms with Crippen LogP contribution in [0.15, 0.2) is 42.0 Å². The highest BCUT2D eigenvalue weighted by atomic mass is 35.5. The third-order valence-corrected chi connectivity index (χ3v) is 6.81. The molecule has 1 saturated carbocycles. The maximum Gasteiger partial charge on any atom is 0.295 e. The molecule has 0 bridgehead atoms. The Kier molecular flexibility index (Phi) is 6.66. The van der Waals surface area contributed by atoms with Gasteiger partial charge in [0.2, 0.25) is 0 Å². The van der Waals surface area contributed by atoms with Gasteiger partial charge in [0.15, 0.2) is 0 Å². The Balaban J connectivity index is 1.97. The van der Waals surface area contributed by atoms with Crippen LogP contribution in [0.2, 0.25) is 5.02 Å². The summed E-state index contributed by atoms with van der Waals surface area (Å²) in [5.41, 5.74) is 1.75. The van der Waals surface area contributed by atoms with Gasteiger partial charge < -0.3 is 19.5 Å². The summed E-state index contributed by atoms with van der Waals surface area (Å²) in [5.74, 6) is -0.816. The van der Waals surface area contributed by atoms with Gasteiger partial charge in [0, 0.05) is 11.6 Å². The maximum atomic E-state index is 13.4. The van der Waals surface area contributed by atoms with E-state index in [9.17, 15) is 14.7 Å². The number of carbonyl (C=O) groups is 2. The zero-order chi connectivity index (χ0) is 23.7. The van der Waals surface area contributed by atoms with Crippen LogP contribution in [0.3, 0.4) is 0 Å². The topological polar surface area (TPSA) is 76.1 Å². The van der Waals surface area contributed by atoms with E-state index >= 15 is 0 Å². The molecule has 4 rings (SSSR count). The number of nitrogens with zero attached hydrogens (tertiary/aromatic N) is 1. The van der Waals surface area contributed by atoms with E-state index in [-0.39, 0.29) is 28.7 Å². The molecule has 1 aliphatic heterocycles. The van der Waals surface area contributed by atoms with Gasteiger partial charge in [0.25, 0.3) is 11.7 Å². The number of aliphatic hydroxyl groups is 1. The molecular weight excluding hydrogens is 442 g/mol. The van der Waals surface area contributed by atoms with Crippen LogP contribution in [0.5, 0.6) is 11.5 Å². The van der Waals surface area contributed by atoms with Crippen molar-refractivity contribution in [1.29, 1.82) is 0 Å². The minimum absolute atomic E-state index is 0.0232. The van der Waals surface area contributed by atoms with Crippen LogP contribution in [0.25, 0.3) is 5.76 Å². The predicted octanol–water partition coefficient (Wildman–Crippen LogP) is 5.42. The lowest BCUT2D eigenvalue weighted by Gasteiger charge is -2.35. The van der Waals surface area contributed by atoms with Gasteiger partial charge in [0.1, 0.15) is 17.3 Å². The van der Waals surface area contributed by atoms with Crippen LogP contribution in [0.4, 0.5) is 0 Å². The van der Waals surface area contributed by atoms with Crippen molar-refractivity contribution in [2.45, 2.75) is 51.1 Å². The van der Waals surface area contributed by atoms with E-state index in [1.807, 2.05) is 25.1 Å². The second kappa shape index (κ2) is 9.48. The largest absolute Gasteiger partial charge is 0.507 e. The van der Waals surface area contributed by atoms with Gasteiger partial charge in [-0.15, -0.1) is 0 Å². The summed E-state index contributed by atoms with van der Waals surface area (Å²) in [6, 6.07) is 9.86. The molecule has 7 heteroatoms. The van der Waals surface area contributed by atoms with E-state index in [2.05, 4.69) is 0 Å². The second-order valence-electron chi connectivity index (χ2n) is 8.57. The Bertz CT molecular complexity index is 1120. The van der Waals surface area contributed by atoms with Crippen LogP contribution in [0, 0.1) is 6.92 Å². The van der Waals surface area contributed by atoms with E-state index in [0.717, 1.165) is 37.7 Å². The third kappa shape index (κ3) is 4.08. The van der Waals surface area contributed by atoms with Crippen LogP contribution >= 0.6 is 11.6 Å². The predicted molar refractivity (Wildman–Crippen MR) is 127 cm³/mol. The lowest BCUT2D eigenvalue weighted by atomic mass is 9.90. The number of hydrogen-bond acceptors (Lipinski definition) is 5. The number of hydrogen-bond donors (Lipinski definition) is 1. The van der Waals surface area contributed by atoms with Crippen molar-refractivity contribution in [1.82, 2.24) is 4.90 Å². The molecule has 1 N–H and O–H groups in total. The highest BCUT2D eigenvalue weighted by Gasteiger charge is 2.50. The smallest absolute Gasteiger partial charge is 0.295 e. The first-order valence-corrected chi connectivity index (χ1v) is 11.5. The molecule has 1 amide bonds. The zero-order valence-corrected chi connectivity index (χ0v) is 19.8. The number of methoxy groups -OCH3 is 2. The summed E-state index contributed by atoms with van der Waals surface area (Å²) in [6.07, 6.45) is 4.73. The molecule has 2 fully saturated rings. The summed E-state index contributed by atoms with van der Waals surface area (Å²) >= 11 is 6.36. The van der Waals surface area contributed by atoms with Gasteiger partial charge >= 0.3 is 0 Å². The molecule has 33 heavy (non-hydrogen) atoms. The second-order valence-corrected chi connectivity index (χ2v) is 8.97. The Hall–Kier alpha value is -2.99. The van der Waals surface area contributed by atoms with E-state index in [1.165, 1.54) is 7.11 Å². The van der Waals surface area contributed by atoms with Crippen LogP contribution in [-0.4, -0.2) is 42.0 Å². The van der Waals surface area contributed by atoms with Crippen molar-refractivity contribution in [3.8, 4) is 11.5 Å². The summed E-state index contributed by atoms with van der Waals surface area (Å²) in [6.45, 7) is 1.83. The number of rotatable bonds is 5. The molecule has 1 aliphatic carbocycles. The molecule has 0 radical (unpaired) electrons. The highest BCUT2D eigenvalue weighted by Crippen LogP contribution is 2.47. The number of amides is 1. The molecule has 1 atom stereocenters. The standard InChI is InChI=1S/C26H28ClNO5/c1-15-13-18(25(33-3)19(27)14-15)23(29)21-22(17-11-7-8-12-20(17)32-2)28(26(31)24(21)30)16-9-5-4-6-10-16/h7-8,11-14,16,22,29H,4-6,9-10H2,1-3H3/b23-21+. The summed E-state index contributed by atoms with van der Waals surface area (Å²) < 4.78 is 11.0.